The molecule has 0 nitrogen and oxygen atoms in total. The second-order valence-corrected chi connectivity index (χ2v) is 14.4. The van der Waals surface area contributed by atoms with Crippen molar-refractivity contribution in [3.8, 4) is 44.5 Å². The predicted molar refractivity (Wildman–Crippen MR) is 225 cm³/mol. The number of fused-ring (bicyclic) bond motifs is 3. The first kappa shape index (κ1) is 32.0. The Morgan fingerprint density at radius 2 is 1.17 bits per heavy atom. The van der Waals surface area contributed by atoms with Crippen LogP contribution in [0.3, 0.4) is 0 Å². The van der Waals surface area contributed by atoms with E-state index < -0.39 is 0 Å². The van der Waals surface area contributed by atoms with Crippen LogP contribution < -0.4 is 0 Å². The van der Waals surface area contributed by atoms with Crippen molar-refractivity contribution < 1.29 is 0 Å². The van der Waals surface area contributed by atoms with Gasteiger partial charge < -0.3 is 0 Å². The zero-order valence-electron chi connectivity index (χ0n) is 30.0. The summed E-state index contributed by atoms with van der Waals surface area (Å²) >= 11 is 0. The molecule has 0 saturated carbocycles. The molecule has 9 rings (SSSR count). The van der Waals surface area contributed by atoms with Crippen molar-refractivity contribution in [3.05, 3.63) is 197 Å². The van der Waals surface area contributed by atoms with Crippen molar-refractivity contribution in [2.24, 2.45) is 0 Å². The van der Waals surface area contributed by atoms with Gasteiger partial charge in [-0.25, -0.2) is 0 Å². The Labute approximate surface area is 308 Å². The van der Waals surface area contributed by atoms with Crippen LogP contribution in [0.25, 0.3) is 73.0 Å². The number of hydrogen-bond acceptors (Lipinski definition) is 0. The number of hydrogen-bond donors (Lipinski definition) is 0. The van der Waals surface area contributed by atoms with Crippen LogP contribution in [0.15, 0.2) is 158 Å². The first-order chi connectivity index (χ1) is 25.6. The highest BCUT2D eigenvalue weighted by molar-refractivity contribution is 6.10. The standard InChI is InChI=1S/C52H42/c1-35-25-26-43(34-49(35)50-33-42-18-9-4-8-17-40(42)31-36(50)2)41-19-14-20-44(32-41)52-47-22-11-5-10-21-45(47)51(46-23-12-13-24-48(46)52)39-29-27-38(28-30-39)37-15-6-3-7-16-37/h4-6,8-16,18-21,23-34H,3,7,17,22H2,1-2H3. The maximum atomic E-state index is 2.41. The molecule has 0 N–H and O–H groups in total. The first-order valence-electron chi connectivity index (χ1n) is 18.7. The molecule has 0 heteroatoms. The molecule has 0 radical (unpaired) electrons. The fraction of sp³-hybridized carbons (Fsp3) is 0.115. The summed E-state index contributed by atoms with van der Waals surface area (Å²) in [6.45, 7) is 4.49. The highest BCUT2D eigenvalue weighted by Gasteiger charge is 2.21. The first-order valence-corrected chi connectivity index (χ1v) is 18.7. The third-order valence-electron chi connectivity index (χ3n) is 11.1. The average molecular weight is 667 g/mol. The van der Waals surface area contributed by atoms with E-state index in [0.29, 0.717) is 0 Å². The summed E-state index contributed by atoms with van der Waals surface area (Å²) in [4.78, 5) is 0. The van der Waals surface area contributed by atoms with E-state index in [2.05, 4.69) is 184 Å². The largest absolute Gasteiger partial charge is 0.0836 e. The molecule has 3 aliphatic rings. The van der Waals surface area contributed by atoms with E-state index in [-0.39, 0.29) is 0 Å². The van der Waals surface area contributed by atoms with Gasteiger partial charge in [0, 0.05) is 0 Å². The third kappa shape index (κ3) is 5.85. The van der Waals surface area contributed by atoms with E-state index in [1.54, 1.807) is 0 Å². The third-order valence-corrected chi connectivity index (χ3v) is 11.1. The van der Waals surface area contributed by atoms with Gasteiger partial charge in [0.1, 0.15) is 0 Å². The van der Waals surface area contributed by atoms with Gasteiger partial charge in [0.2, 0.25) is 0 Å². The molecule has 0 atom stereocenters. The van der Waals surface area contributed by atoms with Crippen LogP contribution in [0.1, 0.15) is 51.8 Å². The molecule has 0 aromatic heterocycles. The molecule has 0 unspecified atom stereocenters. The van der Waals surface area contributed by atoms with E-state index in [4.69, 9.17) is 0 Å². The zero-order valence-corrected chi connectivity index (χ0v) is 30.0. The van der Waals surface area contributed by atoms with Crippen molar-refractivity contribution in [1.29, 1.82) is 0 Å². The van der Waals surface area contributed by atoms with Crippen LogP contribution in [-0.2, 0) is 12.8 Å². The summed E-state index contributed by atoms with van der Waals surface area (Å²) < 4.78 is 0. The SMILES string of the molecule is Cc1ccc(-c2cccc(-c3c4c(c(-c5ccc(C6=CCCC=C6)cc5)c5ccccc35)C=CC=CC4)c2)cc1-c1cc2c(cc1C)CC=CC=C2. The summed E-state index contributed by atoms with van der Waals surface area (Å²) in [7, 11) is 0. The van der Waals surface area contributed by atoms with E-state index in [0.717, 1.165) is 25.7 Å². The highest BCUT2D eigenvalue weighted by atomic mass is 14.2. The monoisotopic (exact) mass is 666 g/mol. The Hall–Kier alpha value is -5.98. The van der Waals surface area contributed by atoms with Crippen LogP contribution in [0, 0.1) is 13.8 Å². The minimum absolute atomic E-state index is 0.881. The molecular formula is C52H42. The van der Waals surface area contributed by atoms with Crippen LogP contribution in [-0.4, -0.2) is 0 Å². The molecule has 6 aromatic carbocycles. The average Bonchev–Trinajstić information content (AvgIpc) is 3.58. The molecule has 0 fully saturated rings. The lowest BCUT2D eigenvalue weighted by Crippen LogP contribution is -1.99. The summed E-state index contributed by atoms with van der Waals surface area (Å²) in [5.41, 5.74) is 20.9. The van der Waals surface area contributed by atoms with Gasteiger partial charge in [0.15, 0.2) is 0 Å². The lowest BCUT2D eigenvalue weighted by molar-refractivity contribution is 1.04. The van der Waals surface area contributed by atoms with Gasteiger partial charge >= 0.3 is 0 Å². The lowest BCUT2D eigenvalue weighted by Gasteiger charge is -2.22. The van der Waals surface area contributed by atoms with Gasteiger partial charge in [-0.15, -0.1) is 0 Å². The smallest absolute Gasteiger partial charge is 0.00295 e. The van der Waals surface area contributed by atoms with Crippen molar-refractivity contribution >= 4 is 28.5 Å². The van der Waals surface area contributed by atoms with Gasteiger partial charge in [-0.05, 0) is 158 Å². The maximum absolute atomic E-state index is 2.41. The van der Waals surface area contributed by atoms with Crippen LogP contribution in [0.2, 0.25) is 0 Å². The van der Waals surface area contributed by atoms with Crippen molar-refractivity contribution in [3.63, 3.8) is 0 Å². The topological polar surface area (TPSA) is 0 Å². The summed E-state index contributed by atoms with van der Waals surface area (Å²) in [5.74, 6) is 0. The van der Waals surface area contributed by atoms with Crippen molar-refractivity contribution in [2.45, 2.75) is 39.5 Å². The fourth-order valence-electron chi connectivity index (χ4n) is 8.41. The normalized spacial score (nSPS) is 14.5. The van der Waals surface area contributed by atoms with Crippen LogP contribution >= 0.6 is 0 Å². The van der Waals surface area contributed by atoms with Gasteiger partial charge in [-0.1, -0.05) is 152 Å². The van der Waals surface area contributed by atoms with Crippen molar-refractivity contribution in [1.82, 2.24) is 0 Å². The summed E-state index contributed by atoms with van der Waals surface area (Å²) in [6, 6.07) is 39.2. The Bertz CT molecular complexity index is 2560. The van der Waals surface area contributed by atoms with E-state index in [9.17, 15) is 0 Å². The molecular weight excluding hydrogens is 625 g/mol. The molecule has 52 heavy (non-hydrogen) atoms. The number of rotatable bonds is 5. The molecule has 0 spiro atoms. The number of allylic oxidation sites excluding steroid dienone is 10. The molecule has 250 valence electrons. The predicted octanol–water partition coefficient (Wildman–Crippen LogP) is 14.1. The Balaban J connectivity index is 1.17. The molecule has 0 saturated heterocycles. The van der Waals surface area contributed by atoms with E-state index in [1.165, 1.54) is 99.8 Å². The Morgan fingerprint density at radius 1 is 0.462 bits per heavy atom. The van der Waals surface area contributed by atoms with Gasteiger partial charge in [-0.2, -0.15) is 0 Å². The minimum atomic E-state index is 0.881. The van der Waals surface area contributed by atoms with E-state index in [1.807, 2.05) is 0 Å². The van der Waals surface area contributed by atoms with Gasteiger partial charge in [0.25, 0.3) is 0 Å². The van der Waals surface area contributed by atoms with E-state index >= 15 is 0 Å². The van der Waals surface area contributed by atoms with Crippen LogP contribution in [0.5, 0.6) is 0 Å². The second-order valence-electron chi connectivity index (χ2n) is 14.4. The number of aryl methyl sites for hydroxylation is 2. The lowest BCUT2D eigenvalue weighted by atomic mass is 9.82. The molecule has 0 aliphatic heterocycles. The van der Waals surface area contributed by atoms with Crippen molar-refractivity contribution in [2.75, 3.05) is 0 Å². The highest BCUT2D eigenvalue weighted by Crippen LogP contribution is 2.45. The van der Waals surface area contributed by atoms with Crippen LogP contribution in [0.4, 0.5) is 0 Å². The Morgan fingerprint density at radius 3 is 2.00 bits per heavy atom. The minimum Gasteiger partial charge on any atom is -0.0836 e. The zero-order chi connectivity index (χ0) is 35.0. The quantitative estimate of drug-likeness (QED) is 0.172. The summed E-state index contributed by atoms with van der Waals surface area (Å²) in [5, 5.41) is 2.59. The maximum Gasteiger partial charge on any atom is -0.00295 e. The molecule has 0 amide bonds. The van der Waals surface area contributed by atoms with Gasteiger partial charge in [0.05, 0.1) is 0 Å². The molecule has 0 bridgehead atoms. The van der Waals surface area contributed by atoms with Gasteiger partial charge in [-0.3, -0.25) is 0 Å². The molecule has 0 heterocycles. The fourth-order valence-corrected chi connectivity index (χ4v) is 8.41. The molecule has 6 aromatic rings. The summed E-state index contributed by atoms with van der Waals surface area (Å²) in [6.07, 6.45) is 28.8. The Kier molecular flexibility index (Phi) is 8.37. The second kappa shape index (κ2) is 13.6. The number of benzene rings is 6. The molecule has 3 aliphatic carbocycles.